The highest BCUT2D eigenvalue weighted by atomic mass is 16.3. The van der Waals surface area contributed by atoms with Crippen molar-refractivity contribution < 1.29 is 5.11 Å². The standard InChI is InChI=1S/C10H18O/c1-6-7(2)9-4-3-8(6)5-10(9)11/h6-11H,3-5H2,1-2H3/t6-,7+,8-,9-,10+/m0/s1. The molecule has 0 spiro atoms. The quantitative estimate of drug-likeness (QED) is 0.566. The predicted molar refractivity (Wildman–Crippen MR) is 45.2 cm³/mol. The van der Waals surface area contributed by atoms with E-state index in [9.17, 15) is 5.11 Å². The third-order valence-electron chi connectivity index (χ3n) is 4.16. The zero-order valence-corrected chi connectivity index (χ0v) is 7.46. The molecule has 3 fully saturated rings. The van der Waals surface area contributed by atoms with E-state index in [1.54, 1.807) is 0 Å². The lowest BCUT2D eigenvalue weighted by Crippen LogP contribution is -2.45. The lowest BCUT2D eigenvalue weighted by molar-refractivity contribution is -0.0640. The van der Waals surface area contributed by atoms with Crippen LogP contribution in [0.25, 0.3) is 0 Å². The van der Waals surface area contributed by atoms with Gasteiger partial charge in [0.1, 0.15) is 0 Å². The van der Waals surface area contributed by atoms with Crippen LogP contribution in [0, 0.1) is 23.7 Å². The first-order chi connectivity index (χ1) is 5.20. The van der Waals surface area contributed by atoms with Gasteiger partial charge in [0.2, 0.25) is 0 Å². The number of fused-ring (bicyclic) bond motifs is 3. The van der Waals surface area contributed by atoms with E-state index in [1.807, 2.05) is 0 Å². The molecule has 11 heavy (non-hydrogen) atoms. The molecule has 0 aromatic heterocycles. The zero-order valence-electron chi connectivity index (χ0n) is 7.46. The van der Waals surface area contributed by atoms with Gasteiger partial charge < -0.3 is 5.11 Å². The molecule has 3 aliphatic rings. The topological polar surface area (TPSA) is 20.2 Å². The Morgan fingerprint density at radius 1 is 1.09 bits per heavy atom. The summed E-state index contributed by atoms with van der Waals surface area (Å²) in [6.07, 6.45) is 3.75. The highest BCUT2D eigenvalue weighted by Gasteiger charge is 2.43. The molecular formula is C10H18O. The van der Waals surface area contributed by atoms with Crippen molar-refractivity contribution in [1.82, 2.24) is 0 Å². The summed E-state index contributed by atoms with van der Waals surface area (Å²) in [7, 11) is 0. The smallest absolute Gasteiger partial charge is 0.0573 e. The number of hydrogen-bond donors (Lipinski definition) is 1. The molecule has 1 nitrogen and oxygen atoms in total. The van der Waals surface area contributed by atoms with Gasteiger partial charge in [-0.1, -0.05) is 13.8 Å². The van der Waals surface area contributed by atoms with Crippen molar-refractivity contribution in [1.29, 1.82) is 0 Å². The highest BCUT2D eigenvalue weighted by Crippen LogP contribution is 2.48. The first-order valence-electron chi connectivity index (χ1n) is 4.88. The Morgan fingerprint density at radius 3 is 2.27 bits per heavy atom. The molecule has 1 N–H and O–H groups in total. The van der Waals surface area contributed by atoms with Crippen molar-refractivity contribution in [2.45, 2.75) is 39.2 Å². The van der Waals surface area contributed by atoms with E-state index < -0.39 is 0 Å². The molecular weight excluding hydrogens is 136 g/mol. The van der Waals surface area contributed by atoms with Crippen LogP contribution >= 0.6 is 0 Å². The second kappa shape index (κ2) is 2.48. The van der Waals surface area contributed by atoms with E-state index in [0.717, 1.165) is 24.2 Å². The molecule has 0 heterocycles. The minimum Gasteiger partial charge on any atom is -0.393 e. The fourth-order valence-electron chi connectivity index (χ4n) is 3.11. The summed E-state index contributed by atoms with van der Waals surface area (Å²) in [5, 5.41) is 9.69. The summed E-state index contributed by atoms with van der Waals surface area (Å²) in [5.41, 5.74) is 0. The maximum atomic E-state index is 9.69. The molecule has 0 saturated heterocycles. The van der Waals surface area contributed by atoms with E-state index >= 15 is 0 Å². The molecule has 0 aromatic carbocycles. The monoisotopic (exact) mass is 154 g/mol. The Morgan fingerprint density at radius 2 is 1.82 bits per heavy atom. The minimum absolute atomic E-state index is 0.0277. The first-order valence-corrected chi connectivity index (χ1v) is 4.88. The van der Waals surface area contributed by atoms with Crippen molar-refractivity contribution >= 4 is 0 Å². The van der Waals surface area contributed by atoms with Crippen LogP contribution in [0.5, 0.6) is 0 Å². The highest BCUT2D eigenvalue weighted by molar-refractivity contribution is 4.93. The first kappa shape index (κ1) is 7.60. The van der Waals surface area contributed by atoms with Crippen molar-refractivity contribution in [3.05, 3.63) is 0 Å². The van der Waals surface area contributed by atoms with Crippen LogP contribution in [0.4, 0.5) is 0 Å². The fourth-order valence-corrected chi connectivity index (χ4v) is 3.11. The molecule has 3 aliphatic carbocycles. The summed E-state index contributed by atoms with van der Waals surface area (Å²) in [6.45, 7) is 4.66. The van der Waals surface area contributed by atoms with Gasteiger partial charge >= 0.3 is 0 Å². The molecule has 2 bridgehead atoms. The van der Waals surface area contributed by atoms with Crippen LogP contribution < -0.4 is 0 Å². The van der Waals surface area contributed by atoms with E-state index in [0.29, 0.717) is 5.92 Å². The average molecular weight is 154 g/mol. The molecule has 0 radical (unpaired) electrons. The van der Waals surface area contributed by atoms with Crippen molar-refractivity contribution in [2.75, 3.05) is 0 Å². The van der Waals surface area contributed by atoms with E-state index in [-0.39, 0.29) is 6.10 Å². The van der Waals surface area contributed by atoms with Gasteiger partial charge in [-0.3, -0.25) is 0 Å². The number of aliphatic hydroxyl groups excluding tert-OH is 1. The lowest BCUT2D eigenvalue weighted by atomic mass is 9.58. The molecule has 64 valence electrons. The molecule has 1 heteroatoms. The van der Waals surface area contributed by atoms with E-state index in [2.05, 4.69) is 13.8 Å². The van der Waals surface area contributed by atoms with Crippen LogP contribution in [-0.4, -0.2) is 11.2 Å². The third-order valence-corrected chi connectivity index (χ3v) is 4.16. The van der Waals surface area contributed by atoms with Crippen LogP contribution in [-0.2, 0) is 0 Å². The van der Waals surface area contributed by atoms with Crippen LogP contribution in [0.3, 0.4) is 0 Å². The second-order valence-electron chi connectivity index (χ2n) is 4.52. The van der Waals surface area contributed by atoms with Gasteiger partial charge in [-0.05, 0) is 42.9 Å². The van der Waals surface area contributed by atoms with E-state index in [1.165, 1.54) is 12.8 Å². The van der Waals surface area contributed by atoms with Gasteiger partial charge in [0.25, 0.3) is 0 Å². The Labute approximate surface area is 68.8 Å². The maximum absolute atomic E-state index is 9.69. The molecule has 3 rings (SSSR count). The summed E-state index contributed by atoms with van der Waals surface area (Å²) in [4.78, 5) is 0. The number of hydrogen-bond acceptors (Lipinski definition) is 1. The summed E-state index contributed by atoms with van der Waals surface area (Å²) in [6, 6.07) is 0. The van der Waals surface area contributed by atoms with Gasteiger partial charge in [0, 0.05) is 0 Å². The minimum atomic E-state index is 0.0277. The second-order valence-corrected chi connectivity index (χ2v) is 4.52. The van der Waals surface area contributed by atoms with Crippen molar-refractivity contribution in [2.24, 2.45) is 23.7 Å². The fraction of sp³-hybridized carbons (Fsp3) is 1.00. The number of rotatable bonds is 0. The van der Waals surface area contributed by atoms with Gasteiger partial charge in [0.05, 0.1) is 6.10 Å². The van der Waals surface area contributed by atoms with Gasteiger partial charge in [-0.25, -0.2) is 0 Å². The van der Waals surface area contributed by atoms with Gasteiger partial charge in [-0.2, -0.15) is 0 Å². The maximum Gasteiger partial charge on any atom is 0.0573 e. The molecule has 0 aromatic rings. The van der Waals surface area contributed by atoms with E-state index in [4.69, 9.17) is 0 Å². The normalized spacial score (nSPS) is 56.5. The lowest BCUT2D eigenvalue weighted by Gasteiger charge is -2.48. The van der Waals surface area contributed by atoms with Crippen LogP contribution in [0.1, 0.15) is 33.1 Å². The molecule has 5 atom stereocenters. The zero-order chi connectivity index (χ0) is 8.01. The van der Waals surface area contributed by atoms with Crippen molar-refractivity contribution in [3.8, 4) is 0 Å². The summed E-state index contributed by atoms with van der Waals surface area (Å²) >= 11 is 0. The SMILES string of the molecule is C[C@@H]1[C@H]2CC[C@@H]([C@@H]1C)[C@H](O)C2. The van der Waals surface area contributed by atoms with Gasteiger partial charge in [-0.15, -0.1) is 0 Å². The average Bonchev–Trinajstić information content (AvgIpc) is 1.99. The summed E-state index contributed by atoms with van der Waals surface area (Å²) < 4.78 is 0. The molecule has 0 amide bonds. The Balaban J connectivity index is 2.16. The molecule has 0 aliphatic heterocycles. The summed E-state index contributed by atoms with van der Waals surface area (Å²) in [5.74, 6) is 3.06. The van der Waals surface area contributed by atoms with Crippen LogP contribution in [0.2, 0.25) is 0 Å². The Kier molecular flexibility index (Phi) is 1.71. The molecule has 0 unspecified atom stereocenters. The van der Waals surface area contributed by atoms with Crippen LogP contribution in [0.15, 0.2) is 0 Å². The van der Waals surface area contributed by atoms with Gasteiger partial charge in [0.15, 0.2) is 0 Å². The largest absolute Gasteiger partial charge is 0.393 e. The third kappa shape index (κ3) is 1.01. The molecule has 3 saturated carbocycles. The number of aliphatic hydroxyl groups is 1. The van der Waals surface area contributed by atoms with Crippen molar-refractivity contribution in [3.63, 3.8) is 0 Å². The Hall–Kier alpha value is -0.0400. The predicted octanol–water partition coefficient (Wildman–Crippen LogP) is 2.05. The Bertz CT molecular complexity index is 153.